The topological polar surface area (TPSA) is 64.5 Å². The van der Waals surface area contributed by atoms with E-state index in [-0.39, 0.29) is 12.5 Å². The summed E-state index contributed by atoms with van der Waals surface area (Å²) in [6.07, 6.45) is 3.42. The number of pyridine rings is 1. The van der Waals surface area contributed by atoms with Crippen molar-refractivity contribution >= 4 is 44.2 Å². The van der Waals surface area contributed by atoms with Gasteiger partial charge in [0.2, 0.25) is 0 Å². The van der Waals surface area contributed by atoms with Gasteiger partial charge in [0.05, 0.1) is 23.4 Å². The summed E-state index contributed by atoms with van der Waals surface area (Å²) in [4.78, 5) is 23.6. The Bertz CT molecular complexity index is 1210. The van der Waals surface area contributed by atoms with Crippen LogP contribution in [-0.4, -0.2) is 29.6 Å². The van der Waals surface area contributed by atoms with Crippen LogP contribution in [0.15, 0.2) is 60.9 Å². The number of thiazole rings is 1. The number of halogens is 1. The van der Waals surface area contributed by atoms with E-state index in [1.165, 1.54) is 11.3 Å². The van der Waals surface area contributed by atoms with Crippen LogP contribution in [0.3, 0.4) is 0 Å². The molecule has 2 aromatic heterocycles. The number of hydrogen-bond acceptors (Lipinski definition) is 6. The monoisotopic (exact) mass is 453 g/mol. The van der Waals surface area contributed by atoms with Gasteiger partial charge in [0.1, 0.15) is 17.0 Å². The third-order valence-corrected chi connectivity index (χ3v) is 6.15. The maximum atomic E-state index is 13.2. The van der Waals surface area contributed by atoms with Crippen molar-refractivity contribution in [2.75, 3.05) is 18.6 Å². The van der Waals surface area contributed by atoms with Gasteiger partial charge in [0.25, 0.3) is 5.91 Å². The van der Waals surface area contributed by atoms with Crippen molar-refractivity contribution < 1.29 is 14.3 Å². The Morgan fingerprint density at radius 2 is 2.06 bits per heavy atom. The fourth-order valence-corrected chi connectivity index (χ4v) is 4.36. The summed E-state index contributed by atoms with van der Waals surface area (Å²) in [6, 6.07) is 14.9. The number of nitrogens with zero attached hydrogens (tertiary/aromatic N) is 3. The molecule has 0 spiro atoms. The molecule has 0 aliphatic heterocycles. The number of carbonyl (C=O) groups excluding carboxylic acids is 1. The Hall–Kier alpha value is -3.16. The van der Waals surface area contributed by atoms with Gasteiger partial charge >= 0.3 is 0 Å². The van der Waals surface area contributed by atoms with E-state index < -0.39 is 0 Å². The van der Waals surface area contributed by atoms with E-state index in [4.69, 9.17) is 21.1 Å². The zero-order valence-electron chi connectivity index (χ0n) is 17.0. The number of benzene rings is 2. The van der Waals surface area contributed by atoms with Gasteiger partial charge in [-0.25, -0.2) is 4.98 Å². The van der Waals surface area contributed by atoms with Crippen molar-refractivity contribution in [1.29, 1.82) is 0 Å². The van der Waals surface area contributed by atoms with Crippen molar-refractivity contribution in [3.63, 3.8) is 0 Å². The van der Waals surface area contributed by atoms with Crippen LogP contribution in [0.25, 0.3) is 10.2 Å². The molecule has 158 valence electrons. The molecule has 31 heavy (non-hydrogen) atoms. The van der Waals surface area contributed by atoms with Crippen LogP contribution in [0.5, 0.6) is 11.5 Å². The normalized spacial score (nSPS) is 10.8. The summed E-state index contributed by atoms with van der Waals surface area (Å²) in [5.41, 5.74) is 2.56. The highest BCUT2D eigenvalue weighted by atomic mass is 35.5. The second kappa shape index (κ2) is 9.32. The van der Waals surface area contributed by atoms with Crippen LogP contribution < -0.4 is 14.4 Å². The predicted molar refractivity (Wildman–Crippen MR) is 123 cm³/mol. The lowest BCUT2D eigenvalue weighted by atomic mass is 10.2. The molecule has 0 unspecified atom stereocenters. The molecule has 0 atom stereocenters. The largest absolute Gasteiger partial charge is 0.494 e. The van der Waals surface area contributed by atoms with Crippen molar-refractivity contribution in [3.05, 3.63) is 77.1 Å². The number of amides is 1. The molecule has 0 bridgehead atoms. The number of aromatic nitrogens is 2. The molecule has 0 aliphatic rings. The first-order valence-corrected chi connectivity index (χ1v) is 10.8. The Morgan fingerprint density at radius 3 is 2.81 bits per heavy atom. The fraction of sp³-hybridized carbons (Fsp3) is 0.174. The minimum atomic E-state index is -0.223. The van der Waals surface area contributed by atoms with Gasteiger partial charge in [-0.1, -0.05) is 41.1 Å². The van der Waals surface area contributed by atoms with Crippen molar-refractivity contribution in [3.8, 4) is 11.5 Å². The van der Waals surface area contributed by atoms with Crippen LogP contribution in [0.1, 0.15) is 11.1 Å². The number of methoxy groups -OCH3 is 1. The summed E-state index contributed by atoms with van der Waals surface area (Å²) in [6.45, 7) is 2.16. The Labute approximate surface area is 189 Å². The maximum Gasteiger partial charge on any atom is 0.267 e. The van der Waals surface area contributed by atoms with Gasteiger partial charge in [-0.15, -0.1) is 0 Å². The van der Waals surface area contributed by atoms with Crippen LogP contribution >= 0.6 is 22.9 Å². The van der Waals surface area contributed by atoms with Crippen molar-refractivity contribution in [2.45, 2.75) is 13.5 Å². The van der Waals surface area contributed by atoms with Crippen LogP contribution in [-0.2, 0) is 11.3 Å². The van der Waals surface area contributed by atoms with E-state index in [1.807, 2.05) is 43.3 Å². The SMILES string of the molecule is COc1ccc(Cl)c2sc(N(Cc3cccnc3)C(=O)COc3cccc(C)c3)nc12. The number of ether oxygens (including phenoxy) is 2. The molecular formula is C23H20ClN3O3S. The van der Waals surface area contributed by atoms with Gasteiger partial charge in [-0.3, -0.25) is 14.7 Å². The Balaban J connectivity index is 1.66. The third kappa shape index (κ3) is 4.78. The quantitative estimate of drug-likeness (QED) is 0.381. The smallest absolute Gasteiger partial charge is 0.267 e. The molecule has 2 aromatic carbocycles. The molecule has 6 nitrogen and oxygen atoms in total. The van der Waals surface area contributed by atoms with E-state index in [0.29, 0.717) is 33.7 Å². The minimum absolute atomic E-state index is 0.121. The van der Waals surface area contributed by atoms with Crippen LogP contribution in [0.4, 0.5) is 5.13 Å². The fourth-order valence-electron chi connectivity index (χ4n) is 3.09. The van der Waals surface area contributed by atoms with E-state index in [9.17, 15) is 4.79 Å². The predicted octanol–water partition coefficient (Wildman–Crippen LogP) is 5.27. The van der Waals surface area contributed by atoms with E-state index in [2.05, 4.69) is 9.97 Å². The van der Waals surface area contributed by atoms with Gasteiger partial charge in [0, 0.05) is 12.4 Å². The highest BCUT2D eigenvalue weighted by Gasteiger charge is 2.23. The first kappa shape index (κ1) is 21.1. The first-order chi connectivity index (χ1) is 15.0. The first-order valence-electron chi connectivity index (χ1n) is 9.57. The zero-order valence-corrected chi connectivity index (χ0v) is 18.6. The number of carbonyl (C=O) groups is 1. The molecule has 4 aromatic rings. The average molecular weight is 454 g/mol. The maximum absolute atomic E-state index is 13.2. The number of hydrogen-bond donors (Lipinski definition) is 0. The summed E-state index contributed by atoms with van der Waals surface area (Å²) in [5, 5.41) is 1.08. The molecule has 2 heterocycles. The summed E-state index contributed by atoms with van der Waals surface area (Å²) in [7, 11) is 1.58. The van der Waals surface area contributed by atoms with Crippen molar-refractivity contribution in [1.82, 2.24) is 9.97 Å². The standard InChI is InChI=1S/C23H20ClN3O3S/c1-15-5-3-7-17(11-15)30-14-20(28)27(13-16-6-4-10-25-12-16)23-26-21-19(29-2)9-8-18(24)22(21)31-23/h3-12H,13-14H2,1-2H3. The number of aryl methyl sites for hydroxylation is 1. The molecule has 4 rings (SSSR count). The van der Waals surface area contributed by atoms with Crippen LogP contribution in [0.2, 0.25) is 5.02 Å². The Morgan fingerprint density at radius 1 is 1.19 bits per heavy atom. The summed E-state index contributed by atoms with van der Waals surface area (Å²) < 4.78 is 11.9. The van der Waals surface area contributed by atoms with E-state index >= 15 is 0 Å². The zero-order chi connectivity index (χ0) is 21.8. The highest BCUT2D eigenvalue weighted by molar-refractivity contribution is 7.23. The highest BCUT2D eigenvalue weighted by Crippen LogP contribution is 2.39. The van der Waals surface area contributed by atoms with Crippen LogP contribution in [0, 0.1) is 6.92 Å². The molecule has 0 fully saturated rings. The molecule has 1 amide bonds. The Kier molecular flexibility index (Phi) is 6.34. The number of fused-ring (bicyclic) bond motifs is 1. The molecule has 0 N–H and O–H groups in total. The lowest BCUT2D eigenvalue weighted by molar-refractivity contribution is -0.120. The average Bonchev–Trinajstić information content (AvgIpc) is 3.23. The molecule has 8 heteroatoms. The number of rotatable bonds is 7. The molecule has 0 saturated heterocycles. The molecular weight excluding hydrogens is 434 g/mol. The summed E-state index contributed by atoms with van der Waals surface area (Å²) in [5.74, 6) is 1.02. The lowest BCUT2D eigenvalue weighted by Crippen LogP contribution is -2.34. The molecule has 0 saturated carbocycles. The summed E-state index contributed by atoms with van der Waals surface area (Å²) >= 11 is 7.72. The second-order valence-corrected chi connectivity index (χ2v) is 8.25. The molecule has 0 aliphatic carbocycles. The van der Waals surface area contributed by atoms with E-state index in [0.717, 1.165) is 15.8 Å². The lowest BCUT2D eigenvalue weighted by Gasteiger charge is -2.20. The third-order valence-electron chi connectivity index (χ3n) is 4.61. The van der Waals surface area contributed by atoms with Crippen molar-refractivity contribution in [2.24, 2.45) is 0 Å². The van der Waals surface area contributed by atoms with E-state index in [1.54, 1.807) is 36.5 Å². The van der Waals surface area contributed by atoms with Gasteiger partial charge in [-0.05, 0) is 48.4 Å². The number of anilines is 1. The van der Waals surface area contributed by atoms with Gasteiger partial charge < -0.3 is 9.47 Å². The van der Waals surface area contributed by atoms with Gasteiger partial charge in [-0.2, -0.15) is 0 Å². The second-order valence-electron chi connectivity index (χ2n) is 6.87. The minimum Gasteiger partial charge on any atom is -0.494 e. The van der Waals surface area contributed by atoms with Gasteiger partial charge in [0.15, 0.2) is 11.7 Å². The molecule has 0 radical (unpaired) electrons.